The first-order valence-electron chi connectivity index (χ1n) is 19.8. The Kier molecular flexibility index (Phi) is 18.6. The Balaban J connectivity index is 0.000000205. The summed E-state index contributed by atoms with van der Waals surface area (Å²) < 4.78 is 81.8. The zero-order valence-electron chi connectivity index (χ0n) is 33.7. The SMILES string of the molecule is O=c1[nH]c2ccc(C3CCC(NCCS(=O)(=O)c4ccccc4)CC3)cc2o1.O=c1[nH]c2ccc(C3CCC(NCCS(=O)c4ccccc4)CC3)cc2o1.[Na+].[O-][I+3]([O-])([O-])[O-]. The van der Waals surface area contributed by atoms with E-state index in [-0.39, 0.29) is 35.3 Å². The third-order valence-corrected chi connectivity index (χ3v) is 14.0. The molecule has 2 aromatic heterocycles. The van der Waals surface area contributed by atoms with Crippen molar-refractivity contribution in [3.8, 4) is 0 Å². The van der Waals surface area contributed by atoms with Crippen molar-refractivity contribution in [1.29, 1.82) is 0 Å². The molecular formula is C42H48IN4NaO11S2. The minimum Gasteiger partial charge on any atom is -0.408 e. The van der Waals surface area contributed by atoms with Gasteiger partial charge in [0.25, 0.3) is 0 Å². The number of sulfone groups is 1. The second kappa shape index (κ2) is 23.1. The average Bonchev–Trinajstić information content (AvgIpc) is 3.81. The molecule has 61 heavy (non-hydrogen) atoms. The van der Waals surface area contributed by atoms with Crippen molar-refractivity contribution in [2.24, 2.45) is 0 Å². The summed E-state index contributed by atoms with van der Waals surface area (Å²) in [5, 5.41) is 6.98. The number of rotatable bonds is 12. The first-order chi connectivity index (χ1) is 28.7. The number of H-pyrrole nitrogens is 2. The Hall–Kier alpha value is -2.99. The normalized spacial score (nSPS) is 19.8. The summed E-state index contributed by atoms with van der Waals surface area (Å²) >= 11 is -5.94. The molecule has 0 amide bonds. The van der Waals surface area contributed by atoms with Gasteiger partial charge in [-0.25, -0.2) is 18.0 Å². The van der Waals surface area contributed by atoms with Crippen molar-refractivity contribution in [2.75, 3.05) is 24.6 Å². The first-order valence-corrected chi connectivity index (χ1v) is 26.2. The molecule has 2 fully saturated rings. The largest absolute Gasteiger partial charge is 1.00 e. The molecule has 0 bridgehead atoms. The number of aromatic nitrogens is 2. The zero-order chi connectivity index (χ0) is 42.7. The summed E-state index contributed by atoms with van der Waals surface area (Å²) in [6.07, 6.45) is 8.51. The molecular weight excluding hydrogens is 951 g/mol. The van der Waals surface area contributed by atoms with Crippen molar-refractivity contribution in [1.82, 2.24) is 20.6 Å². The van der Waals surface area contributed by atoms with Crippen LogP contribution in [0.4, 0.5) is 0 Å². The molecule has 0 aliphatic heterocycles. The molecule has 2 saturated carbocycles. The maximum Gasteiger partial charge on any atom is 1.00 e. The van der Waals surface area contributed by atoms with Crippen molar-refractivity contribution in [3.63, 3.8) is 0 Å². The van der Waals surface area contributed by atoms with Crippen LogP contribution in [0.1, 0.15) is 74.3 Å². The first kappa shape index (κ1) is 49.0. The molecule has 15 nitrogen and oxygen atoms in total. The van der Waals surface area contributed by atoms with Gasteiger partial charge in [-0.05, 0) is 123 Å². The second-order valence-electron chi connectivity index (χ2n) is 14.9. The van der Waals surface area contributed by atoms with Crippen molar-refractivity contribution in [2.45, 2.75) is 85.1 Å². The fourth-order valence-corrected chi connectivity index (χ4v) is 10.1. The van der Waals surface area contributed by atoms with Gasteiger partial charge in [0.2, 0.25) is 0 Å². The van der Waals surface area contributed by atoms with E-state index in [1.54, 1.807) is 24.3 Å². The predicted molar refractivity (Wildman–Crippen MR) is 216 cm³/mol. The molecule has 1 atom stereocenters. The Morgan fingerprint density at radius 3 is 1.52 bits per heavy atom. The number of hydrogen-bond acceptors (Lipinski definition) is 13. The quantitative estimate of drug-likeness (QED) is 0.0675. The van der Waals surface area contributed by atoms with Crippen LogP contribution >= 0.6 is 0 Å². The Labute approximate surface area is 384 Å². The summed E-state index contributed by atoms with van der Waals surface area (Å²) in [5.41, 5.74) is 5.17. The van der Waals surface area contributed by atoms with E-state index in [9.17, 15) is 22.2 Å². The van der Waals surface area contributed by atoms with Gasteiger partial charge in [0.05, 0.1) is 32.5 Å². The molecule has 19 heteroatoms. The van der Waals surface area contributed by atoms with Crippen molar-refractivity contribution >= 4 is 42.8 Å². The Morgan fingerprint density at radius 1 is 0.639 bits per heavy atom. The van der Waals surface area contributed by atoms with Crippen LogP contribution in [0.15, 0.2) is 125 Å². The summed E-state index contributed by atoms with van der Waals surface area (Å²) in [6, 6.07) is 31.0. The number of fused-ring (bicyclic) bond motifs is 2. The van der Waals surface area contributed by atoms with Crippen LogP contribution in [-0.2, 0) is 20.6 Å². The molecule has 2 heterocycles. The molecule has 0 saturated heterocycles. The Morgan fingerprint density at radius 2 is 1.07 bits per heavy atom. The van der Waals surface area contributed by atoms with Crippen molar-refractivity contribution < 1.29 is 84.9 Å². The summed E-state index contributed by atoms with van der Waals surface area (Å²) in [6.45, 7) is 1.24. The van der Waals surface area contributed by atoms with Gasteiger partial charge in [0.15, 0.2) is 21.0 Å². The molecule has 0 spiro atoms. The van der Waals surface area contributed by atoms with Crippen LogP contribution in [0.2, 0.25) is 0 Å². The molecule has 322 valence electrons. The standard InChI is InChI=1S/C21H24N2O4S.C21H24N2O3S.IO4.Na/c24-21-23-19-11-8-16(14-20(19)27-21)15-6-9-17(10-7-15)22-12-13-28(25,26)18-4-2-1-3-5-18;24-21-23-19-11-8-16(14-20(19)26-21)15-6-9-17(10-7-15)22-12-13-27(25)18-4-2-1-3-5-18;2-1(3,4)5;/h1-5,8,11,14-15,17,22H,6-7,9-10,12-13H2,(H,23,24);1-5,8,11,14-15,17,22H,6-7,9-10,12-13H2,(H,23,24);;/q;;-1;+1. The summed E-state index contributed by atoms with van der Waals surface area (Å²) in [7, 11) is -4.17. The second-order valence-corrected chi connectivity index (χ2v) is 20.8. The molecule has 4 N–H and O–H groups in total. The topological polar surface area (TPSA) is 260 Å². The van der Waals surface area contributed by atoms with E-state index in [2.05, 4.69) is 32.7 Å². The number of hydrogen-bond donors (Lipinski definition) is 4. The summed E-state index contributed by atoms with van der Waals surface area (Å²) in [5.74, 6) is 0.878. The van der Waals surface area contributed by atoms with Gasteiger partial charge in [-0.2, -0.15) is 0 Å². The van der Waals surface area contributed by atoms with Crippen LogP contribution in [0, 0.1) is 0 Å². The number of aromatic amines is 2. The van der Waals surface area contributed by atoms with Gasteiger partial charge in [-0.3, -0.25) is 27.9 Å². The Bertz CT molecular complexity index is 2520. The van der Waals surface area contributed by atoms with Crippen LogP contribution in [0.5, 0.6) is 0 Å². The van der Waals surface area contributed by atoms with E-state index in [4.69, 9.17) is 22.6 Å². The third kappa shape index (κ3) is 15.4. The van der Waals surface area contributed by atoms with Gasteiger partial charge >= 0.3 is 41.1 Å². The molecule has 2 aliphatic rings. The minimum absolute atomic E-state index is 0. The van der Waals surface area contributed by atoms with Gasteiger partial charge in [0.1, 0.15) is 20.1 Å². The van der Waals surface area contributed by atoms with E-state index in [1.165, 1.54) is 11.1 Å². The maximum atomic E-state index is 12.3. The molecule has 0 radical (unpaired) electrons. The number of benzene rings is 4. The summed E-state index contributed by atoms with van der Waals surface area (Å²) in [4.78, 5) is 29.2. The fourth-order valence-electron chi connectivity index (χ4n) is 7.88. The van der Waals surface area contributed by atoms with E-state index in [0.717, 1.165) is 73.8 Å². The van der Waals surface area contributed by atoms with Gasteiger partial charge in [-0.15, -0.1) is 0 Å². The van der Waals surface area contributed by atoms with E-state index < -0.39 is 52.2 Å². The molecule has 6 aromatic rings. The molecule has 1 unspecified atom stereocenters. The fraction of sp³-hybridized carbons (Fsp3) is 0.381. The van der Waals surface area contributed by atoms with Crippen LogP contribution in [0.25, 0.3) is 22.2 Å². The molecule has 2 aliphatic carbocycles. The van der Waals surface area contributed by atoms with E-state index >= 15 is 0 Å². The minimum atomic E-state index is -5.94. The van der Waals surface area contributed by atoms with E-state index in [0.29, 0.717) is 52.3 Å². The van der Waals surface area contributed by atoms with Crippen LogP contribution < -0.4 is 85.5 Å². The smallest absolute Gasteiger partial charge is 0.408 e. The molecule has 8 rings (SSSR count). The number of oxazole rings is 2. The number of halogens is 1. The molecule has 4 aromatic carbocycles. The third-order valence-electron chi connectivity index (χ3n) is 10.9. The van der Waals surface area contributed by atoms with Gasteiger partial charge in [-0.1, -0.05) is 48.5 Å². The van der Waals surface area contributed by atoms with Crippen LogP contribution in [-0.4, -0.2) is 59.3 Å². The van der Waals surface area contributed by atoms with E-state index in [1.807, 2.05) is 60.7 Å². The van der Waals surface area contributed by atoms with Gasteiger partial charge < -0.3 is 19.5 Å². The zero-order valence-corrected chi connectivity index (χ0v) is 39.5. The maximum absolute atomic E-state index is 12.3. The average molecular weight is 999 g/mol. The van der Waals surface area contributed by atoms with Crippen LogP contribution in [0.3, 0.4) is 0 Å². The number of nitrogens with one attached hydrogen (secondary N) is 4. The van der Waals surface area contributed by atoms with Gasteiger partial charge in [0, 0.05) is 35.8 Å². The predicted octanol–water partition coefficient (Wildman–Crippen LogP) is -3.99. The monoisotopic (exact) mass is 998 g/mol. The van der Waals surface area contributed by atoms with Crippen molar-refractivity contribution in [3.05, 3.63) is 129 Å².